The van der Waals surface area contributed by atoms with E-state index in [0.717, 1.165) is 46.8 Å². The van der Waals surface area contributed by atoms with Gasteiger partial charge in [-0.25, -0.2) is 9.97 Å². The molecule has 0 radical (unpaired) electrons. The number of nitrogens with one attached hydrogen (secondary N) is 1. The number of nitrogens with zero attached hydrogens (tertiary/aromatic N) is 2. The Morgan fingerprint density at radius 1 is 1.30 bits per heavy atom. The van der Waals surface area contributed by atoms with Crippen LogP contribution in [-0.4, -0.2) is 23.6 Å². The molecule has 2 fully saturated rings. The topological polar surface area (TPSA) is 47.0 Å². The predicted molar refractivity (Wildman–Crippen MR) is 78.9 cm³/mol. The van der Waals surface area contributed by atoms with E-state index in [4.69, 9.17) is 4.74 Å². The number of anilines is 1. The van der Waals surface area contributed by atoms with Gasteiger partial charge < -0.3 is 10.1 Å². The fourth-order valence-electron chi connectivity index (χ4n) is 3.69. The molecular formula is C16H19N3O. The van der Waals surface area contributed by atoms with Crippen LogP contribution in [0.1, 0.15) is 19.3 Å². The lowest BCUT2D eigenvalue weighted by Gasteiger charge is -2.15. The molecule has 0 spiro atoms. The van der Waals surface area contributed by atoms with Crippen molar-refractivity contribution >= 4 is 16.7 Å². The second kappa shape index (κ2) is 4.62. The summed E-state index contributed by atoms with van der Waals surface area (Å²) >= 11 is 0. The standard InChI is InChI=1S/C16H19N3O/c1-20-14-4-2-3-13-15(14)16(19-9-18-13)17-8-11-6-5-10-7-12(10)11/h2-4,9-12H,5-8H2,1H3,(H,17,18,19). The summed E-state index contributed by atoms with van der Waals surface area (Å²) in [4.78, 5) is 8.74. The lowest BCUT2D eigenvalue weighted by Crippen LogP contribution is -2.15. The van der Waals surface area contributed by atoms with Crippen molar-refractivity contribution in [3.63, 3.8) is 0 Å². The average molecular weight is 269 g/mol. The first kappa shape index (κ1) is 11.9. The summed E-state index contributed by atoms with van der Waals surface area (Å²) in [6.07, 6.45) is 5.85. The van der Waals surface area contributed by atoms with E-state index in [1.165, 1.54) is 19.3 Å². The van der Waals surface area contributed by atoms with Crippen molar-refractivity contribution in [2.45, 2.75) is 19.3 Å². The molecular weight excluding hydrogens is 250 g/mol. The van der Waals surface area contributed by atoms with Crippen molar-refractivity contribution in [1.82, 2.24) is 9.97 Å². The van der Waals surface area contributed by atoms with Gasteiger partial charge in [-0.05, 0) is 49.1 Å². The highest BCUT2D eigenvalue weighted by molar-refractivity contribution is 5.94. The van der Waals surface area contributed by atoms with Crippen LogP contribution in [0.3, 0.4) is 0 Å². The van der Waals surface area contributed by atoms with E-state index in [0.29, 0.717) is 0 Å². The predicted octanol–water partition coefficient (Wildman–Crippen LogP) is 3.10. The summed E-state index contributed by atoms with van der Waals surface area (Å²) in [5.74, 6) is 4.55. The number of hydrogen-bond acceptors (Lipinski definition) is 4. The minimum Gasteiger partial charge on any atom is -0.496 e. The van der Waals surface area contributed by atoms with Crippen LogP contribution in [0, 0.1) is 17.8 Å². The zero-order valence-electron chi connectivity index (χ0n) is 11.7. The highest BCUT2D eigenvalue weighted by Crippen LogP contribution is 2.55. The van der Waals surface area contributed by atoms with Crippen LogP contribution < -0.4 is 10.1 Å². The van der Waals surface area contributed by atoms with Gasteiger partial charge in [0.15, 0.2) is 0 Å². The summed E-state index contributed by atoms with van der Waals surface area (Å²) in [7, 11) is 1.69. The van der Waals surface area contributed by atoms with Crippen LogP contribution >= 0.6 is 0 Å². The van der Waals surface area contributed by atoms with E-state index in [-0.39, 0.29) is 0 Å². The number of rotatable bonds is 4. The van der Waals surface area contributed by atoms with Crippen molar-refractivity contribution in [1.29, 1.82) is 0 Å². The molecule has 0 bridgehead atoms. The van der Waals surface area contributed by atoms with Gasteiger partial charge in [-0.3, -0.25) is 0 Å². The fourth-order valence-corrected chi connectivity index (χ4v) is 3.69. The Balaban J connectivity index is 1.61. The molecule has 1 aromatic heterocycles. The Bertz CT molecular complexity index is 637. The number of aromatic nitrogens is 2. The SMILES string of the molecule is COc1cccc2ncnc(NCC3CCC4CC34)c12. The van der Waals surface area contributed by atoms with Crippen molar-refractivity contribution < 1.29 is 4.74 Å². The third kappa shape index (κ3) is 1.90. The van der Waals surface area contributed by atoms with Crippen LogP contribution in [0.2, 0.25) is 0 Å². The molecule has 2 aromatic rings. The number of hydrogen-bond donors (Lipinski definition) is 1. The molecule has 0 saturated heterocycles. The van der Waals surface area contributed by atoms with Crippen molar-refractivity contribution in [3.05, 3.63) is 24.5 Å². The molecule has 104 valence electrons. The zero-order chi connectivity index (χ0) is 13.5. The second-order valence-corrected chi connectivity index (χ2v) is 5.95. The van der Waals surface area contributed by atoms with Crippen LogP contribution in [0.15, 0.2) is 24.5 Å². The molecule has 1 aromatic carbocycles. The van der Waals surface area contributed by atoms with Crippen LogP contribution in [-0.2, 0) is 0 Å². The fraction of sp³-hybridized carbons (Fsp3) is 0.500. The quantitative estimate of drug-likeness (QED) is 0.926. The van der Waals surface area contributed by atoms with Crippen molar-refractivity contribution in [3.8, 4) is 5.75 Å². The van der Waals surface area contributed by atoms with Crippen LogP contribution in [0.4, 0.5) is 5.82 Å². The third-order valence-electron chi connectivity index (χ3n) is 4.87. The molecule has 1 N–H and O–H groups in total. The largest absolute Gasteiger partial charge is 0.496 e. The van der Waals surface area contributed by atoms with Crippen LogP contribution in [0.25, 0.3) is 10.9 Å². The summed E-state index contributed by atoms with van der Waals surface area (Å²) in [6.45, 7) is 1.02. The van der Waals surface area contributed by atoms with Gasteiger partial charge in [-0.1, -0.05) is 6.07 Å². The number of fused-ring (bicyclic) bond motifs is 2. The van der Waals surface area contributed by atoms with Gasteiger partial charge >= 0.3 is 0 Å². The molecule has 1 heterocycles. The molecule has 0 amide bonds. The molecule has 2 aliphatic rings. The molecule has 4 rings (SSSR count). The summed E-state index contributed by atoms with van der Waals surface area (Å²) in [5, 5.41) is 4.52. The van der Waals surface area contributed by atoms with E-state index in [9.17, 15) is 0 Å². The van der Waals surface area contributed by atoms with E-state index in [1.54, 1.807) is 13.4 Å². The molecule has 2 saturated carbocycles. The highest BCUT2D eigenvalue weighted by Gasteiger charge is 2.47. The molecule has 3 atom stereocenters. The maximum absolute atomic E-state index is 5.45. The summed E-state index contributed by atoms with van der Waals surface area (Å²) < 4.78 is 5.45. The molecule has 20 heavy (non-hydrogen) atoms. The van der Waals surface area contributed by atoms with Gasteiger partial charge in [0.05, 0.1) is 18.0 Å². The minimum absolute atomic E-state index is 0.819. The van der Waals surface area contributed by atoms with E-state index in [1.807, 2.05) is 18.2 Å². The summed E-state index contributed by atoms with van der Waals surface area (Å²) in [6, 6.07) is 5.92. The first-order valence-corrected chi connectivity index (χ1v) is 7.38. The molecule has 4 nitrogen and oxygen atoms in total. The van der Waals surface area contributed by atoms with Gasteiger partial charge in [0.1, 0.15) is 17.9 Å². The van der Waals surface area contributed by atoms with Gasteiger partial charge in [-0.15, -0.1) is 0 Å². The number of ether oxygens (including phenoxy) is 1. The normalized spacial score (nSPS) is 27.4. The molecule has 2 aliphatic carbocycles. The second-order valence-electron chi connectivity index (χ2n) is 5.95. The van der Waals surface area contributed by atoms with E-state index < -0.39 is 0 Å². The Labute approximate surface area is 118 Å². The zero-order valence-corrected chi connectivity index (χ0v) is 11.7. The van der Waals surface area contributed by atoms with Crippen molar-refractivity contribution in [2.75, 3.05) is 19.0 Å². The van der Waals surface area contributed by atoms with E-state index >= 15 is 0 Å². The summed E-state index contributed by atoms with van der Waals surface area (Å²) in [5.41, 5.74) is 0.928. The number of benzene rings is 1. The Hall–Kier alpha value is -1.84. The van der Waals surface area contributed by atoms with Gasteiger partial charge in [0.2, 0.25) is 0 Å². The lowest BCUT2D eigenvalue weighted by molar-refractivity contribution is 0.419. The molecule has 3 unspecified atom stereocenters. The minimum atomic E-state index is 0.819. The maximum atomic E-state index is 5.45. The van der Waals surface area contributed by atoms with Gasteiger partial charge in [0.25, 0.3) is 0 Å². The lowest BCUT2D eigenvalue weighted by atomic mass is 10.0. The smallest absolute Gasteiger partial charge is 0.141 e. The first-order chi connectivity index (χ1) is 9.86. The Kier molecular flexibility index (Phi) is 2.76. The third-order valence-corrected chi connectivity index (χ3v) is 4.87. The van der Waals surface area contributed by atoms with E-state index in [2.05, 4.69) is 15.3 Å². The first-order valence-electron chi connectivity index (χ1n) is 7.38. The van der Waals surface area contributed by atoms with Crippen LogP contribution in [0.5, 0.6) is 5.75 Å². The molecule has 0 aliphatic heterocycles. The Morgan fingerprint density at radius 3 is 3.00 bits per heavy atom. The molecule has 4 heteroatoms. The highest BCUT2D eigenvalue weighted by atomic mass is 16.5. The van der Waals surface area contributed by atoms with Gasteiger partial charge in [-0.2, -0.15) is 0 Å². The Morgan fingerprint density at radius 2 is 2.25 bits per heavy atom. The maximum Gasteiger partial charge on any atom is 0.141 e. The van der Waals surface area contributed by atoms with Gasteiger partial charge in [0, 0.05) is 6.54 Å². The average Bonchev–Trinajstić information content (AvgIpc) is 3.17. The monoisotopic (exact) mass is 269 g/mol. The van der Waals surface area contributed by atoms with Crippen molar-refractivity contribution in [2.24, 2.45) is 17.8 Å². The number of methoxy groups -OCH3 is 1.